The number of carbonyl (C=O) groups is 2. The van der Waals surface area contributed by atoms with E-state index in [2.05, 4.69) is 15.6 Å². The Morgan fingerprint density at radius 2 is 2.00 bits per heavy atom. The fourth-order valence-corrected chi connectivity index (χ4v) is 1.85. The van der Waals surface area contributed by atoms with Crippen LogP contribution in [0, 0.1) is 6.92 Å². The van der Waals surface area contributed by atoms with Gasteiger partial charge in [-0.2, -0.15) is 0 Å². The normalized spacial score (nSPS) is 11.1. The van der Waals surface area contributed by atoms with Crippen molar-refractivity contribution in [3.05, 3.63) is 28.5 Å². The summed E-state index contributed by atoms with van der Waals surface area (Å²) in [5.41, 5.74) is 0.787. The Labute approximate surface area is 124 Å². The largest absolute Gasteiger partial charge is 0.351 e. The molecule has 20 heavy (non-hydrogen) atoms. The van der Waals surface area contributed by atoms with Gasteiger partial charge < -0.3 is 10.6 Å². The van der Waals surface area contributed by atoms with Crippen molar-refractivity contribution >= 4 is 23.4 Å². The van der Waals surface area contributed by atoms with Crippen LogP contribution in [0.3, 0.4) is 0 Å². The van der Waals surface area contributed by atoms with Gasteiger partial charge in [0.25, 0.3) is 5.91 Å². The van der Waals surface area contributed by atoms with E-state index in [9.17, 15) is 9.59 Å². The number of carbonyl (C=O) groups excluding carboxylic acids is 2. The Morgan fingerprint density at radius 1 is 1.35 bits per heavy atom. The number of hydrogen-bond acceptors (Lipinski definition) is 3. The van der Waals surface area contributed by atoms with Crippen LogP contribution in [0.25, 0.3) is 0 Å². The molecule has 110 valence electrons. The van der Waals surface area contributed by atoms with Crippen LogP contribution in [-0.4, -0.2) is 28.9 Å². The smallest absolute Gasteiger partial charge is 0.254 e. The molecule has 1 rings (SSSR count). The lowest BCUT2D eigenvalue weighted by atomic mass is 10.1. The molecule has 0 atom stereocenters. The number of nitrogens with zero attached hydrogens (tertiary/aromatic N) is 1. The molecule has 0 fully saturated rings. The lowest BCUT2D eigenvalue weighted by molar-refractivity contribution is -0.122. The molecule has 0 aliphatic carbocycles. The minimum Gasteiger partial charge on any atom is -0.351 e. The van der Waals surface area contributed by atoms with Crippen molar-refractivity contribution in [1.82, 2.24) is 15.6 Å². The number of aryl methyl sites for hydroxylation is 1. The zero-order valence-electron chi connectivity index (χ0n) is 12.2. The van der Waals surface area contributed by atoms with E-state index in [0.29, 0.717) is 10.6 Å². The first-order valence-electron chi connectivity index (χ1n) is 6.40. The number of amides is 2. The monoisotopic (exact) mass is 297 g/mol. The molecule has 0 saturated carbocycles. The third-order valence-electron chi connectivity index (χ3n) is 2.39. The van der Waals surface area contributed by atoms with Gasteiger partial charge in [0.1, 0.15) is 0 Å². The third-order valence-corrected chi connectivity index (χ3v) is 2.70. The Kier molecular flexibility index (Phi) is 5.51. The second-order valence-corrected chi connectivity index (χ2v) is 6.02. The molecule has 0 saturated heterocycles. The number of rotatable bonds is 4. The maximum atomic E-state index is 11.9. The predicted molar refractivity (Wildman–Crippen MR) is 78.8 cm³/mol. The van der Waals surface area contributed by atoms with Gasteiger partial charge in [-0.25, -0.2) is 0 Å². The van der Waals surface area contributed by atoms with Crippen molar-refractivity contribution < 1.29 is 9.59 Å². The molecule has 0 aromatic carbocycles. The first-order chi connectivity index (χ1) is 9.19. The molecule has 6 heteroatoms. The zero-order chi connectivity index (χ0) is 15.3. The van der Waals surface area contributed by atoms with Crippen LogP contribution in [0.4, 0.5) is 0 Å². The van der Waals surface area contributed by atoms with Crippen LogP contribution in [0.15, 0.2) is 12.3 Å². The lowest BCUT2D eigenvalue weighted by Gasteiger charge is -2.20. The van der Waals surface area contributed by atoms with Crippen LogP contribution in [0.2, 0.25) is 5.02 Å². The molecule has 5 nitrogen and oxygen atoms in total. The van der Waals surface area contributed by atoms with Gasteiger partial charge in [0.05, 0.1) is 10.6 Å². The number of hydrogen-bond donors (Lipinski definition) is 2. The first kappa shape index (κ1) is 16.4. The van der Waals surface area contributed by atoms with E-state index < -0.39 is 0 Å². The maximum Gasteiger partial charge on any atom is 0.254 e. The van der Waals surface area contributed by atoms with Crippen LogP contribution >= 0.6 is 11.6 Å². The highest BCUT2D eigenvalue weighted by Crippen LogP contribution is 2.15. The molecular formula is C14H20ClN3O2. The van der Waals surface area contributed by atoms with Crippen molar-refractivity contribution in [2.24, 2.45) is 0 Å². The van der Waals surface area contributed by atoms with Crippen LogP contribution < -0.4 is 10.6 Å². The summed E-state index contributed by atoms with van der Waals surface area (Å²) in [6, 6.07) is 1.63. The molecule has 2 N–H and O–H groups in total. The minimum absolute atomic E-state index is 0.106. The fraction of sp³-hybridized carbons (Fsp3) is 0.500. The van der Waals surface area contributed by atoms with Gasteiger partial charge >= 0.3 is 0 Å². The summed E-state index contributed by atoms with van der Waals surface area (Å²) < 4.78 is 0. The maximum absolute atomic E-state index is 11.9. The van der Waals surface area contributed by atoms with Crippen molar-refractivity contribution in [2.75, 3.05) is 6.54 Å². The second-order valence-electron chi connectivity index (χ2n) is 5.61. The average Bonchev–Trinajstić information content (AvgIpc) is 2.25. The Bertz CT molecular complexity index is 510. The molecule has 0 spiro atoms. The summed E-state index contributed by atoms with van der Waals surface area (Å²) in [7, 11) is 0. The highest BCUT2D eigenvalue weighted by Gasteiger charge is 2.14. The topological polar surface area (TPSA) is 71.1 Å². The molecule has 1 aromatic rings. The van der Waals surface area contributed by atoms with Gasteiger partial charge in [-0.05, 0) is 33.8 Å². The molecule has 0 bridgehead atoms. The van der Waals surface area contributed by atoms with Gasteiger partial charge in [0.15, 0.2) is 0 Å². The molecule has 0 aliphatic rings. The van der Waals surface area contributed by atoms with E-state index in [1.165, 1.54) is 6.20 Å². The summed E-state index contributed by atoms with van der Waals surface area (Å²) in [6.07, 6.45) is 1.65. The van der Waals surface area contributed by atoms with E-state index in [0.717, 1.165) is 5.69 Å². The predicted octanol–water partition coefficient (Wildman–Crippen LogP) is 2.08. The minimum atomic E-state index is -0.328. The average molecular weight is 298 g/mol. The molecule has 1 aromatic heterocycles. The van der Waals surface area contributed by atoms with Gasteiger partial charge in [-0.1, -0.05) is 11.6 Å². The summed E-state index contributed by atoms with van der Waals surface area (Å²) >= 11 is 5.97. The molecule has 0 aliphatic heterocycles. The van der Waals surface area contributed by atoms with Gasteiger partial charge in [-0.15, -0.1) is 0 Å². The van der Waals surface area contributed by atoms with Gasteiger partial charge in [-0.3, -0.25) is 14.6 Å². The SMILES string of the molecule is Cc1cc(Cl)c(C(=O)NCCC(=O)NC(C)(C)C)cn1. The van der Waals surface area contributed by atoms with E-state index in [4.69, 9.17) is 11.6 Å². The molecule has 2 amide bonds. The van der Waals surface area contributed by atoms with E-state index in [1.54, 1.807) is 13.0 Å². The highest BCUT2D eigenvalue weighted by atomic mass is 35.5. The number of aromatic nitrogens is 1. The van der Waals surface area contributed by atoms with Crippen LogP contribution in [0.1, 0.15) is 43.2 Å². The van der Waals surface area contributed by atoms with E-state index in [-0.39, 0.29) is 30.3 Å². The number of nitrogens with one attached hydrogen (secondary N) is 2. The van der Waals surface area contributed by atoms with Crippen molar-refractivity contribution in [3.63, 3.8) is 0 Å². The molecule has 1 heterocycles. The van der Waals surface area contributed by atoms with Crippen LogP contribution in [0.5, 0.6) is 0 Å². The Morgan fingerprint density at radius 3 is 2.55 bits per heavy atom. The summed E-state index contributed by atoms with van der Waals surface area (Å²) in [5, 5.41) is 5.83. The van der Waals surface area contributed by atoms with Crippen molar-refractivity contribution in [1.29, 1.82) is 0 Å². The Hall–Kier alpha value is -1.62. The molecule has 0 radical (unpaired) electrons. The molecule has 0 unspecified atom stereocenters. The van der Waals surface area contributed by atoms with Gasteiger partial charge in [0, 0.05) is 30.4 Å². The van der Waals surface area contributed by atoms with Crippen molar-refractivity contribution in [2.45, 2.75) is 39.7 Å². The standard InChI is InChI=1S/C14H20ClN3O2/c1-9-7-11(15)10(8-17-9)13(20)16-6-5-12(19)18-14(2,3)4/h7-8H,5-6H2,1-4H3,(H,16,20)(H,18,19). The summed E-state index contributed by atoms with van der Waals surface area (Å²) in [5.74, 6) is -0.433. The van der Waals surface area contributed by atoms with Gasteiger partial charge in [0.2, 0.25) is 5.91 Å². The zero-order valence-corrected chi connectivity index (χ0v) is 13.0. The lowest BCUT2D eigenvalue weighted by Crippen LogP contribution is -2.42. The van der Waals surface area contributed by atoms with E-state index >= 15 is 0 Å². The number of pyridine rings is 1. The third kappa shape index (κ3) is 5.57. The van der Waals surface area contributed by atoms with Crippen molar-refractivity contribution in [3.8, 4) is 0 Å². The first-order valence-corrected chi connectivity index (χ1v) is 6.78. The summed E-state index contributed by atoms with van der Waals surface area (Å²) in [6.45, 7) is 7.76. The highest BCUT2D eigenvalue weighted by molar-refractivity contribution is 6.33. The quantitative estimate of drug-likeness (QED) is 0.894. The fourth-order valence-electron chi connectivity index (χ4n) is 1.56. The second kappa shape index (κ2) is 6.70. The Balaban J connectivity index is 2.46. The molecular weight excluding hydrogens is 278 g/mol. The number of halogens is 1. The van der Waals surface area contributed by atoms with Crippen LogP contribution in [-0.2, 0) is 4.79 Å². The summed E-state index contributed by atoms with van der Waals surface area (Å²) in [4.78, 5) is 27.5. The van der Waals surface area contributed by atoms with E-state index in [1.807, 2.05) is 20.8 Å².